The van der Waals surface area contributed by atoms with Gasteiger partial charge >= 0.3 is 0 Å². The smallest absolute Gasteiger partial charge is 0.190 e. The highest BCUT2D eigenvalue weighted by molar-refractivity contribution is 7.98. The van der Waals surface area contributed by atoms with Crippen LogP contribution in [-0.2, 0) is 0 Å². The standard InChI is InChI=1S/C12H11ClFN3S/c1-7-3-4-8(14)5-9(7)15-11-6-10(13)16-12(17-11)18-2/h3-6H,1-2H3,(H,15,16,17). The van der Waals surface area contributed by atoms with E-state index in [2.05, 4.69) is 15.3 Å². The Morgan fingerprint density at radius 1 is 1.28 bits per heavy atom. The maximum atomic E-state index is 13.2. The van der Waals surface area contributed by atoms with Crippen LogP contribution in [0.5, 0.6) is 0 Å². The second-order valence-corrected chi connectivity index (χ2v) is 4.81. The first-order valence-electron chi connectivity index (χ1n) is 5.20. The molecule has 1 N–H and O–H groups in total. The summed E-state index contributed by atoms with van der Waals surface area (Å²) >= 11 is 7.28. The molecule has 0 aliphatic rings. The highest BCUT2D eigenvalue weighted by atomic mass is 35.5. The number of rotatable bonds is 3. The summed E-state index contributed by atoms with van der Waals surface area (Å²) in [6.45, 7) is 1.89. The third kappa shape index (κ3) is 3.11. The summed E-state index contributed by atoms with van der Waals surface area (Å²) in [4.78, 5) is 8.29. The number of halogens is 2. The average molecular weight is 284 g/mol. The second-order valence-electron chi connectivity index (χ2n) is 3.65. The van der Waals surface area contributed by atoms with Crippen molar-refractivity contribution in [1.82, 2.24) is 9.97 Å². The summed E-state index contributed by atoms with van der Waals surface area (Å²) in [6, 6.07) is 6.15. The van der Waals surface area contributed by atoms with Gasteiger partial charge in [-0.3, -0.25) is 0 Å². The molecule has 0 fully saturated rings. The molecule has 2 rings (SSSR count). The Hall–Kier alpha value is -1.33. The molecule has 1 heterocycles. The van der Waals surface area contributed by atoms with Crippen molar-refractivity contribution in [2.45, 2.75) is 12.1 Å². The van der Waals surface area contributed by atoms with E-state index in [1.807, 2.05) is 13.2 Å². The third-order valence-electron chi connectivity index (χ3n) is 2.32. The molecular formula is C12H11ClFN3S. The van der Waals surface area contributed by atoms with E-state index in [4.69, 9.17) is 11.6 Å². The van der Waals surface area contributed by atoms with Gasteiger partial charge < -0.3 is 5.32 Å². The van der Waals surface area contributed by atoms with Crippen LogP contribution in [0.3, 0.4) is 0 Å². The SMILES string of the molecule is CSc1nc(Cl)cc(Nc2cc(F)ccc2C)n1. The normalized spacial score (nSPS) is 10.4. The maximum absolute atomic E-state index is 13.2. The fourth-order valence-corrected chi connectivity index (χ4v) is 2.03. The molecule has 1 aromatic carbocycles. The first-order valence-corrected chi connectivity index (χ1v) is 6.80. The Balaban J connectivity index is 2.33. The molecule has 0 atom stereocenters. The first kappa shape index (κ1) is 13.1. The van der Waals surface area contributed by atoms with Crippen LogP contribution in [0.2, 0.25) is 5.15 Å². The van der Waals surface area contributed by atoms with Gasteiger partial charge in [-0.1, -0.05) is 29.4 Å². The van der Waals surface area contributed by atoms with E-state index in [9.17, 15) is 4.39 Å². The van der Waals surface area contributed by atoms with Crippen LogP contribution in [0.4, 0.5) is 15.9 Å². The monoisotopic (exact) mass is 283 g/mol. The predicted octanol–water partition coefficient (Wildman–Crippen LogP) is 4.04. The zero-order valence-electron chi connectivity index (χ0n) is 9.87. The maximum Gasteiger partial charge on any atom is 0.190 e. The Morgan fingerprint density at radius 2 is 2.06 bits per heavy atom. The van der Waals surface area contributed by atoms with Crippen molar-refractivity contribution in [1.29, 1.82) is 0 Å². The molecule has 3 nitrogen and oxygen atoms in total. The lowest BCUT2D eigenvalue weighted by Gasteiger charge is -2.09. The molecule has 0 bridgehead atoms. The summed E-state index contributed by atoms with van der Waals surface area (Å²) in [6.07, 6.45) is 1.86. The lowest BCUT2D eigenvalue weighted by atomic mass is 10.2. The van der Waals surface area contributed by atoms with Crippen LogP contribution in [-0.4, -0.2) is 16.2 Å². The van der Waals surface area contributed by atoms with Crippen molar-refractivity contribution >= 4 is 34.9 Å². The van der Waals surface area contributed by atoms with Crippen molar-refractivity contribution in [2.75, 3.05) is 11.6 Å². The zero-order chi connectivity index (χ0) is 13.1. The number of hydrogen-bond acceptors (Lipinski definition) is 4. The molecule has 0 spiro atoms. The summed E-state index contributed by atoms with van der Waals surface area (Å²) in [5, 5.41) is 3.96. The van der Waals surface area contributed by atoms with Gasteiger partial charge in [0.15, 0.2) is 5.16 Å². The largest absolute Gasteiger partial charge is 0.340 e. The van der Waals surface area contributed by atoms with Crippen LogP contribution >= 0.6 is 23.4 Å². The number of hydrogen-bond donors (Lipinski definition) is 1. The average Bonchev–Trinajstić information content (AvgIpc) is 2.33. The van der Waals surface area contributed by atoms with Gasteiger partial charge in [0.25, 0.3) is 0 Å². The van der Waals surface area contributed by atoms with Crippen molar-refractivity contribution in [2.24, 2.45) is 0 Å². The minimum Gasteiger partial charge on any atom is -0.340 e. The zero-order valence-corrected chi connectivity index (χ0v) is 11.4. The number of anilines is 2. The second kappa shape index (κ2) is 5.54. The fourth-order valence-electron chi connectivity index (χ4n) is 1.42. The van der Waals surface area contributed by atoms with E-state index in [0.29, 0.717) is 21.8 Å². The van der Waals surface area contributed by atoms with Crippen LogP contribution in [0.25, 0.3) is 0 Å². The quantitative estimate of drug-likeness (QED) is 0.524. The summed E-state index contributed by atoms with van der Waals surface area (Å²) in [5.74, 6) is 0.251. The Bertz CT molecular complexity index is 577. The molecule has 0 saturated carbocycles. The van der Waals surface area contributed by atoms with E-state index in [0.717, 1.165) is 5.56 Å². The highest BCUT2D eigenvalue weighted by Gasteiger charge is 2.05. The molecule has 0 amide bonds. The topological polar surface area (TPSA) is 37.8 Å². The van der Waals surface area contributed by atoms with Crippen molar-refractivity contribution < 1.29 is 4.39 Å². The molecule has 2 aromatic rings. The van der Waals surface area contributed by atoms with Gasteiger partial charge in [-0.15, -0.1) is 0 Å². The molecule has 0 radical (unpaired) electrons. The molecule has 18 heavy (non-hydrogen) atoms. The van der Waals surface area contributed by atoms with Crippen molar-refractivity contribution in [3.05, 3.63) is 40.8 Å². The molecule has 0 saturated heterocycles. The molecule has 1 aromatic heterocycles. The Morgan fingerprint density at radius 3 is 2.78 bits per heavy atom. The lowest BCUT2D eigenvalue weighted by molar-refractivity contribution is 0.628. The molecule has 94 valence electrons. The minimum absolute atomic E-state index is 0.298. The van der Waals surface area contributed by atoms with Gasteiger partial charge in [0.2, 0.25) is 0 Å². The van der Waals surface area contributed by atoms with E-state index in [1.165, 1.54) is 23.9 Å². The Kier molecular flexibility index (Phi) is 4.04. The summed E-state index contributed by atoms with van der Waals surface area (Å²) in [5.41, 5.74) is 1.59. The molecular weight excluding hydrogens is 273 g/mol. The van der Waals surface area contributed by atoms with Crippen LogP contribution in [0.1, 0.15) is 5.56 Å². The van der Waals surface area contributed by atoms with Crippen LogP contribution in [0, 0.1) is 12.7 Å². The minimum atomic E-state index is -0.298. The van der Waals surface area contributed by atoms with Gasteiger partial charge in [0, 0.05) is 11.8 Å². The summed E-state index contributed by atoms with van der Waals surface area (Å²) < 4.78 is 13.2. The molecule has 0 unspecified atom stereocenters. The van der Waals surface area contributed by atoms with Crippen molar-refractivity contribution in [3.63, 3.8) is 0 Å². The number of benzene rings is 1. The van der Waals surface area contributed by atoms with Gasteiger partial charge in [-0.25, -0.2) is 14.4 Å². The van der Waals surface area contributed by atoms with Gasteiger partial charge in [-0.05, 0) is 30.9 Å². The fraction of sp³-hybridized carbons (Fsp3) is 0.167. The van der Waals surface area contributed by atoms with Gasteiger partial charge in [-0.2, -0.15) is 0 Å². The van der Waals surface area contributed by atoms with E-state index in [-0.39, 0.29) is 5.82 Å². The highest BCUT2D eigenvalue weighted by Crippen LogP contribution is 2.23. The van der Waals surface area contributed by atoms with E-state index >= 15 is 0 Å². The first-order chi connectivity index (χ1) is 8.58. The number of nitrogens with zero attached hydrogens (tertiary/aromatic N) is 2. The summed E-state index contributed by atoms with van der Waals surface area (Å²) in [7, 11) is 0. The van der Waals surface area contributed by atoms with Crippen LogP contribution < -0.4 is 5.32 Å². The van der Waals surface area contributed by atoms with E-state index in [1.54, 1.807) is 12.1 Å². The molecule has 0 aliphatic heterocycles. The van der Waals surface area contributed by atoms with E-state index < -0.39 is 0 Å². The number of aromatic nitrogens is 2. The predicted molar refractivity (Wildman–Crippen MR) is 73.2 cm³/mol. The number of nitrogens with one attached hydrogen (secondary N) is 1. The van der Waals surface area contributed by atoms with Gasteiger partial charge in [0.1, 0.15) is 16.8 Å². The Labute approximate surface area is 114 Å². The number of thioether (sulfide) groups is 1. The number of aryl methyl sites for hydroxylation is 1. The third-order valence-corrected chi connectivity index (χ3v) is 3.06. The van der Waals surface area contributed by atoms with Gasteiger partial charge in [0.05, 0.1) is 0 Å². The molecule has 0 aliphatic carbocycles. The van der Waals surface area contributed by atoms with Crippen molar-refractivity contribution in [3.8, 4) is 0 Å². The van der Waals surface area contributed by atoms with Crippen LogP contribution in [0.15, 0.2) is 29.4 Å². The molecule has 6 heteroatoms. The lowest BCUT2D eigenvalue weighted by Crippen LogP contribution is -1.98.